The second-order valence-corrected chi connectivity index (χ2v) is 5.12. The molecule has 1 fully saturated rings. The molecule has 0 aromatic heterocycles. The third-order valence-corrected chi connectivity index (χ3v) is 3.38. The summed E-state index contributed by atoms with van der Waals surface area (Å²) >= 11 is 0. The fraction of sp³-hybridized carbons (Fsp3) is 0.500. The Morgan fingerprint density at radius 1 is 1.47 bits per heavy atom. The summed E-state index contributed by atoms with van der Waals surface area (Å²) in [6, 6.07) is 7.79. The van der Waals surface area contributed by atoms with Gasteiger partial charge in [0.15, 0.2) is 0 Å². The van der Waals surface area contributed by atoms with Crippen LogP contribution in [0.1, 0.15) is 24.0 Å². The molecule has 4 N–H and O–H groups in total. The van der Waals surface area contributed by atoms with Crippen LogP contribution in [0.5, 0.6) is 0 Å². The van der Waals surface area contributed by atoms with Crippen LogP contribution in [0.4, 0.5) is 4.79 Å². The lowest BCUT2D eigenvalue weighted by Gasteiger charge is -2.19. The zero-order valence-corrected chi connectivity index (χ0v) is 11.0. The molecule has 0 spiro atoms. The molecule has 0 bridgehead atoms. The number of aliphatic hydroxyl groups excluding tert-OH is 2. The number of amides is 2. The highest BCUT2D eigenvalue weighted by Crippen LogP contribution is 2.45. The molecule has 1 aliphatic rings. The maximum atomic E-state index is 11.8. The summed E-state index contributed by atoms with van der Waals surface area (Å²) < 4.78 is 0. The van der Waals surface area contributed by atoms with Crippen molar-refractivity contribution in [2.45, 2.75) is 31.4 Å². The van der Waals surface area contributed by atoms with Crippen LogP contribution in [0.2, 0.25) is 0 Å². The molecule has 0 radical (unpaired) electrons. The quantitative estimate of drug-likeness (QED) is 0.630. The first-order valence-electron chi connectivity index (χ1n) is 6.48. The summed E-state index contributed by atoms with van der Waals surface area (Å²) in [7, 11) is 0. The van der Waals surface area contributed by atoms with Crippen molar-refractivity contribution in [2.24, 2.45) is 0 Å². The topological polar surface area (TPSA) is 81.6 Å². The highest BCUT2D eigenvalue weighted by molar-refractivity contribution is 5.75. The average Bonchev–Trinajstić information content (AvgIpc) is 3.17. The molecule has 5 heteroatoms. The monoisotopic (exact) mass is 264 g/mol. The van der Waals surface area contributed by atoms with Crippen LogP contribution < -0.4 is 10.6 Å². The Hall–Kier alpha value is -1.59. The Morgan fingerprint density at radius 3 is 2.79 bits per heavy atom. The number of carbonyl (C=O) groups excluding carboxylic acids is 1. The highest BCUT2D eigenvalue weighted by Gasteiger charge is 2.45. The summed E-state index contributed by atoms with van der Waals surface area (Å²) in [6.07, 6.45) is 0.929. The first-order valence-corrected chi connectivity index (χ1v) is 6.48. The summed E-state index contributed by atoms with van der Waals surface area (Å²) in [4.78, 5) is 11.8. The molecule has 5 nitrogen and oxygen atoms in total. The number of nitrogens with one attached hydrogen (secondary N) is 2. The van der Waals surface area contributed by atoms with Crippen LogP contribution in [-0.4, -0.2) is 35.5 Å². The van der Waals surface area contributed by atoms with Gasteiger partial charge < -0.3 is 20.8 Å². The van der Waals surface area contributed by atoms with Crippen LogP contribution >= 0.6 is 0 Å². The number of aryl methyl sites for hydroxylation is 1. The van der Waals surface area contributed by atoms with E-state index in [4.69, 9.17) is 5.11 Å². The van der Waals surface area contributed by atoms with E-state index in [9.17, 15) is 9.90 Å². The maximum Gasteiger partial charge on any atom is 0.315 e. The standard InChI is InChI=1S/C14H20N2O3/c1-10-3-2-4-11(7-10)14(5-6-14)16-13(19)15-8-12(18)9-17/h2-4,7,12,17-18H,5-6,8-9H2,1H3,(H2,15,16,19)/t12-/m1/s1. The first kappa shape index (κ1) is 13.8. The van der Waals surface area contributed by atoms with E-state index in [0.717, 1.165) is 18.4 Å². The van der Waals surface area contributed by atoms with Gasteiger partial charge in [-0.25, -0.2) is 4.79 Å². The van der Waals surface area contributed by atoms with E-state index < -0.39 is 6.10 Å². The number of rotatable bonds is 5. The lowest BCUT2D eigenvalue weighted by molar-refractivity contribution is 0.0957. The van der Waals surface area contributed by atoms with Gasteiger partial charge in [0.25, 0.3) is 0 Å². The van der Waals surface area contributed by atoms with Gasteiger partial charge >= 0.3 is 6.03 Å². The van der Waals surface area contributed by atoms with Gasteiger partial charge in [0, 0.05) is 6.54 Å². The van der Waals surface area contributed by atoms with Crippen molar-refractivity contribution in [3.63, 3.8) is 0 Å². The molecular weight excluding hydrogens is 244 g/mol. The first-order chi connectivity index (χ1) is 9.05. The van der Waals surface area contributed by atoms with Crippen molar-refractivity contribution in [3.05, 3.63) is 35.4 Å². The van der Waals surface area contributed by atoms with Gasteiger partial charge in [-0.1, -0.05) is 29.8 Å². The van der Waals surface area contributed by atoms with Crippen molar-refractivity contribution in [1.82, 2.24) is 10.6 Å². The van der Waals surface area contributed by atoms with Crippen LogP contribution in [0.15, 0.2) is 24.3 Å². The number of carbonyl (C=O) groups is 1. The lowest BCUT2D eigenvalue weighted by atomic mass is 10.0. The summed E-state index contributed by atoms with van der Waals surface area (Å²) in [5, 5.41) is 23.4. The van der Waals surface area contributed by atoms with Gasteiger partial charge in [-0.15, -0.1) is 0 Å². The van der Waals surface area contributed by atoms with Gasteiger partial charge in [-0.05, 0) is 25.3 Å². The Kier molecular flexibility index (Phi) is 4.07. The second kappa shape index (κ2) is 5.59. The fourth-order valence-corrected chi connectivity index (χ4v) is 2.09. The second-order valence-electron chi connectivity index (χ2n) is 5.12. The van der Waals surface area contributed by atoms with Gasteiger partial charge in [0.05, 0.1) is 18.2 Å². The Bertz CT molecular complexity index is 458. The van der Waals surface area contributed by atoms with Gasteiger partial charge in [0.2, 0.25) is 0 Å². The van der Waals surface area contributed by atoms with Crippen LogP contribution in [0.3, 0.4) is 0 Å². The Labute approximate surface area is 112 Å². The van der Waals surface area contributed by atoms with Crippen molar-refractivity contribution in [2.75, 3.05) is 13.2 Å². The molecule has 1 saturated carbocycles. The van der Waals surface area contributed by atoms with Crippen molar-refractivity contribution >= 4 is 6.03 Å². The summed E-state index contributed by atoms with van der Waals surface area (Å²) in [5.74, 6) is 0. The Balaban J connectivity index is 1.93. The van der Waals surface area contributed by atoms with E-state index in [-0.39, 0.29) is 24.7 Å². The van der Waals surface area contributed by atoms with E-state index in [0.29, 0.717) is 0 Å². The summed E-state index contributed by atoms with van der Waals surface area (Å²) in [5.41, 5.74) is 2.02. The normalized spacial score (nSPS) is 17.6. The molecule has 0 heterocycles. The van der Waals surface area contributed by atoms with Crippen molar-refractivity contribution < 1.29 is 15.0 Å². The number of hydrogen-bond donors (Lipinski definition) is 4. The van der Waals surface area contributed by atoms with Gasteiger partial charge in [0.1, 0.15) is 0 Å². The van der Waals surface area contributed by atoms with Crippen molar-refractivity contribution in [3.8, 4) is 0 Å². The minimum Gasteiger partial charge on any atom is -0.394 e. The van der Waals surface area contributed by atoms with Gasteiger partial charge in [-0.2, -0.15) is 0 Å². The molecule has 2 amide bonds. The summed E-state index contributed by atoms with van der Waals surface area (Å²) in [6.45, 7) is 1.72. The molecular formula is C14H20N2O3. The molecule has 1 aromatic rings. The largest absolute Gasteiger partial charge is 0.394 e. The molecule has 104 valence electrons. The van der Waals surface area contributed by atoms with Crippen molar-refractivity contribution in [1.29, 1.82) is 0 Å². The van der Waals surface area contributed by atoms with Crippen LogP contribution in [-0.2, 0) is 5.54 Å². The molecule has 1 aromatic carbocycles. The minimum absolute atomic E-state index is 0.0478. The minimum atomic E-state index is -0.917. The maximum absolute atomic E-state index is 11.8. The number of hydrogen-bond acceptors (Lipinski definition) is 3. The SMILES string of the molecule is Cc1cccc(C2(NC(=O)NC[C@@H](O)CO)CC2)c1. The smallest absolute Gasteiger partial charge is 0.315 e. The molecule has 1 atom stereocenters. The molecule has 0 aliphatic heterocycles. The van der Waals surface area contributed by atoms with Crippen LogP contribution in [0, 0.1) is 6.92 Å². The van der Waals surface area contributed by atoms with E-state index >= 15 is 0 Å². The predicted octanol–water partition coefficient (Wildman–Crippen LogP) is 0.637. The van der Waals surface area contributed by atoms with E-state index in [1.165, 1.54) is 5.56 Å². The highest BCUT2D eigenvalue weighted by atomic mass is 16.3. The van der Waals surface area contributed by atoms with Crippen LogP contribution in [0.25, 0.3) is 0 Å². The zero-order chi connectivity index (χ0) is 13.9. The predicted molar refractivity (Wildman–Crippen MR) is 71.7 cm³/mol. The third-order valence-electron chi connectivity index (χ3n) is 3.38. The number of aliphatic hydroxyl groups is 2. The lowest BCUT2D eigenvalue weighted by Crippen LogP contribution is -2.45. The van der Waals surface area contributed by atoms with E-state index in [1.54, 1.807) is 0 Å². The van der Waals surface area contributed by atoms with E-state index in [1.807, 2.05) is 25.1 Å². The molecule has 0 saturated heterocycles. The zero-order valence-electron chi connectivity index (χ0n) is 11.0. The van der Waals surface area contributed by atoms with Gasteiger partial charge in [-0.3, -0.25) is 0 Å². The molecule has 19 heavy (non-hydrogen) atoms. The molecule has 2 rings (SSSR count). The molecule has 1 aliphatic carbocycles. The number of benzene rings is 1. The Morgan fingerprint density at radius 2 is 2.21 bits per heavy atom. The fourth-order valence-electron chi connectivity index (χ4n) is 2.09. The average molecular weight is 264 g/mol. The van der Waals surface area contributed by atoms with E-state index in [2.05, 4.69) is 16.7 Å². The third kappa shape index (κ3) is 3.45. The molecule has 0 unspecified atom stereocenters. The number of urea groups is 1.